The Morgan fingerprint density at radius 1 is 1.56 bits per heavy atom. The van der Waals surface area contributed by atoms with Crippen LogP contribution in [-0.2, 0) is 6.54 Å². The molecule has 0 aliphatic carbocycles. The second-order valence-corrected chi connectivity index (χ2v) is 4.81. The Hall–Kier alpha value is -0.910. The van der Waals surface area contributed by atoms with Crippen molar-refractivity contribution in [3.63, 3.8) is 0 Å². The van der Waals surface area contributed by atoms with Crippen molar-refractivity contribution >= 4 is 17.3 Å². The van der Waals surface area contributed by atoms with E-state index in [1.165, 1.54) is 11.3 Å². The summed E-state index contributed by atoms with van der Waals surface area (Å²) in [6.45, 7) is 5.84. The molecule has 0 saturated heterocycles. The maximum absolute atomic E-state index is 10.7. The molecule has 5 heteroatoms. The Labute approximate surface area is 99.9 Å². The summed E-state index contributed by atoms with van der Waals surface area (Å²) in [6.07, 6.45) is 0. The Morgan fingerprint density at radius 2 is 2.31 bits per heavy atom. The third kappa shape index (κ3) is 4.30. The Morgan fingerprint density at radius 3 is 2.88 bits per heavy atom. The lowest BCUT2D eigenvalue weighted by atomic mass is 10.4. The van der Waals surface area contributed by atoms with E-state index in [2.05, 4.69) is 24.2 Å². The van der Waals surface area contributed by atoms with Crippen molar-refractivity contribution in [2.45, 2.75) is 13.5 Å². The molecule has 1 aromatic heterocycles. The van der Waals surface area contributed by atoms with Crippen molar-refractivity contribution in [2.75, 3.05) is 26.7 Å². The molecule has 90 valence electrons. The maximum Gasteiger partial charge on any atom is 0.345 e. The molecule has 0 radical (unpaired) electrons. The molecule has 0 aliphatic rings. The minimum absolute atomic E-state index is 0.405. The number of nitrogens with one attached hydrogen (secondary N) is 1. The minimum atomic E-state index is -0.845. The number of hydrogen-bond donors (Lipinski definition) is 2. The number of likely N-dealkylation sites (N-methyl/N-ethyl adjacent to an activating group) is 1. The lowest BCUT2D eigenvalue weighted by Crippen LogP contribution is -2.28. The fourth-order valence-corrected chi connectivity index (χ4v) is 2.04. The van der Waals surface area contributed by atoms with Crippen LogP contribution in [0.15, 0.2) is 12.1 Å². The molecule has 16 heavy (non-hydrogen) atoms. The summed E-state index contributed by atoms with van der Waals surface area (Å²) in [7, 11) is 2.08. The van der Waals surface area contributed by atoms with Crippen LogP contribution in [0.4, 0.5) is 0 Å². The van der Waals surface area contributed by atoms with E-state index in [0.717, 1.165) is 31.1 Å². The largest absolute Gasteiger partial charge is 0.477 e. The van der Waals surface area contributed by atoms with Crippen molar-refractivity contribution in [1.29, 1.82) is 0 Å². The van der Waals surface area contributed by atoms with Crippen LogP contribution in [0.25, 0.3) is 0 Å². The van der Waals surface area contributed by atoms with E-state index >= 15 is 0 Å². The van der Waals surface area contributed by atoms with Gasteiger partial charge in [-0.3, -0.25) is 0 Å². The van der Waals surface area contributed by atoms with Crippen LogP contribution in [-0.4, -0.2) is 42.7 Å². The zero-order valence-corrected chi connectivity index (χ0v) is 10.5. The van der Waals surface area contributed by atoms with Gasteiger partial charge >= 0.3 is 5.97 Å². The molecule has 0 fully saturated rings. The molecule has 0 unspecified atom stereocenters. The van der Waals surface area contributed by atoms with E-state index in [4.69, 9.17) is 5.11 Å². The van der Waals surface area contributed by atoms with Crippen LogP contribution >= 0.6 is 11.3 Å². The summed E-state index contributed by atoms with van der Waals surface area (Å²) in [5.41, 5.74) is 0. The van der Waals surface area contributed by atoms with E-state index in [9.17, 15) is 4.79 Å². The van der Waals surface area contributed by atoms with Crippen LogP contribution in [0.1, 0.15) is 21.5 Å². The topological polar surface area (TPSA) is 52.6 Å². The maximum atomic E-state index is 10.7. The molecule has 0 aliphatic heterocycles. The summed E-state index contributed by atoms with van der Waals surface area (Å²) >= 11 is 1.33. The van der Waals surface area contributed by atoms with Gasteiger partial charge in [0, 0.05) is 24.5 Å². The van der Waals surface area contributed by atoms with E-state index in [1.807, 2.05) is 6.07 Å². The van der Waals surface area contributed by atoms with E-state index in [0.29, 0.717) is 4.88 Å². The summed E-state index contributed by atoms with van der Waals surface area (Å²) in [6, 6.07) is 3.52. The highest BCUT2D eigenvalue weighted by Gasteiger charge is 2.06. The average Bonchev–Trinajstić information content (AvgIpc) is 2.72. The van der Waals surface area contributed by atoms with Crippen LogP contribution in [0, 0.1) is 0 Å². The Kier molecular flexibility index (Phi) is 5.45. The summed E-state index contributed by atoms with van der Waals surface area (Å²) in [4.78, 5) is 14.4. The molecular formula is C11H18N2O2S. The highest BCUT2D eigenvalue weighted by Crippen LogP contribution is 2.15. The van der Waals surface area contributed by atoms with E-state index in [1.54, 1.807) is 6.07 Å². The molecule has 1 heterocycles. The van der Waals surface area contributed by atoms with Gasteiger partial charge in [0.25, 0.3) is 0 Å². The van der Waals surface area contributed by atoms with Gasteiger partial charge in [0.1, 0.15) is 4.88 Å². The first-order chi connectivity index (χ1) is 7.63. The zero-order valence-electron chi connectivity index (χ0n) is 9.69. The van der Waals surface area contributed by atoms with Crippen molar-refractivity contribution in [1.82, 2.24) is 10.2 Å². The number of carbonyl (C=O) groups is 1. The number of carboxylic acids is 1. The predicted molar refractivity (Wildman–Crippen MR) is 66.2 cm³/mol. The normalized spacial score (nSPS) is 10.9. The SMILES string of the molecule is CCN(C)CCNCc1ccc(C(=O)O)s1. The number of carboxylic acid groups (broad SMARTS) is 1. The number of thiophene rings is 1. The molecule has 1 rings (SSSR count). The zero-order chi connectivity index (χ0) is 12.0. The lowest BCUT2D eigenvalue weighted by Gasteiger charge is -2.13. The van der Waals surface area contributed by atoms with Crippen molar-refractivity contribution in [2.24, 2.45) is 0 Å². The van der Waals surface area contributed by atoms with Crippen LogP contribution in [0.2, 0.25) is 0 Å². The monoisotopic (exact) mass is 242 g/mol. The molecule has 2 N–H and O–H groups in total. The van der Waals surface area contributed by atoms with Gasteiger partial charge in [0.15, 0.2) is 0 Å². The fourth-order valence-electron chi connectivity index (χ4n) is 1.23. The van der Waals surface area contributed by atoms with E-state index in [-0.39, 0.29) is 0 Å². The fraction of sp³-hybridized carbons (Fsp3) is 0.545. The standard InChI is InChI=1S/C11H18N2O2S/c1-3-13(2)7-6-12-8-9-4-5-10(16-9)11(14)15/h4-5,12H,3,6-8H2,1-2H3,(H,14,15). The molecule has 4 nitrogen and oxygen atoms in total. The third-order valence-corrected chi connectivity index (χ3v) is 3.46. The average molecular weight is 242 g/mol. The van der Waals surface area contributed by atoms with Gasteiger partial charge in [-0.2, -0.15) is 0 Å². The van der Waals surface area contributed by atoms with Gasteiger partial charge in [0.05, 0.1) is 0 Å². The summed E-state index contributed by atoms with van der Waals surface area (Å²) < 4.78 is 0. The van der Waals surface area contributed by atoms with Crippen LogP contribution < -0.4 is 5.32 Å². The van der Waals surface area contributed by atoms with Gasteiger partial charge in [-0.25, -0.2) is 4.79 Å². The highest BCUT2D eigenvalue weighted by molar-refractivity contribution is 7.13. The quantitative estimate of drug-likeness (QED) is 0.711. The van der Waals surface area contributed by atoms with Gasteiger partial charge in [-0.1, -0.05) is 6.92 Å². The first-order valence-corrected chi connectivity index (χ1v) is 6.16. The van der Waals surface area contributed by atoms with Crippen molar-refractivity contribution < 1.29 is 9.90 Å². The second kappa shape index (κ2) is 6.62. The molecule has 0 atom stereocenters. The second-order valence-electron chi connectivity index (χ2n) is 3.64. The highest BCUT2D eigenvalue weighted by atomic mass is 32.1. The van der Waals surface area contributed by atoms with Gasteiger partial charge in [0.2, 0.25) is 0 Å². The molecule has 0 bridgehead atoms. The van der Waals surface area contributed by atoms with Gasteiger partial charge in [-0.15, -0.1) is 11.3 Å². The Bertz CT molecular complexity index is 338. The van der Waals surface area contributed by atoms with Crippen molar-refractivity contribution in [3.05, 3.63) is 21.9 Å². The van der Waals surface area contributed by atoms with Gasteiger partial charge in [-0.05, 0) is 25.7 Å². The minimum Gasteiger partial charge on any atom is -0.477 e. The number of rotatable bonds is 7. The summed E-state index contributed by atoms with van der Waals surface area (Å²) in [5.74, 6) is -0.845. The number of hydrogen-bond acceptors (Lipinski definition) is 4. The smallest absolute Gasteiger partial charge is 0.345 e. The predicted octanol–water partition coefficient (Wildman–Crippen LogP) is 1.49. The molecule has 0 amide bonds. The van der Waals surface area contributed by atoms with Crippen LogP contribution in [0.5, 0.6) is 0 Å². The lowest BCUT2D eigenvalue weighted by molar-refractivity contribution is 0.0702. The Balaban J connectivity index is 2.24. The van der Waals surface area contributed by atoms with Crippen molar-refractivity contribution in [3.8, 4) is 0 Å². The first kappa shape index (κ1) is 13.2. The molecule has 1 aromatic rings. The number of aromatic carboxylic acids is 1. The summed E-state index contributed by atoms with van der Waals surface area (Å²) in [5, 5.41) is 12.1. The molecular weight excluding hydrogens is 224 g/mol. The molecule has 0 saturated carbocycles. The van der Waals surface area contributed by atoms with Gasteiger partial charge < -0.3 is 15.3 Å². The first-order valence-electron chi connectivity index (χ1n) is 5.34. The molecule has 0 spiro atoms. The van der Waals surface area contributed by atoms with Crippen LogP contribution in [0.3, 0.4) is 0 Å². The van der Waals surface area contributed by atoms with E-state index < -0.39 is 5.97 Å². The third-order valence-electron chi connectivity index (χ3n) is 2.38. The number of nitrogens with zero attached hydrogens (tertiary/aromatic N) is 1. The molecule has 0 aromatic carbocycles.